The second kappa shape index (κ2) is 7.94. The fourth-order valence-corrected chi connectivity index (χ4v) is 6.26. The van der Waals surface area contributed by atoms with E-state index in [4.69, 9.17) is 4.42 Å². The van der Waals surface area contributed by atoms with Gasteiger partial charge in [0.15, 0.2) is 0 Å². The first-order valence-corrected chi connectivity index (χ1v) is 11.0. The maximum absolute atomic E-state index is 5.20. The highest BCUT2D eigenvalue weighted by atomic mass is 32.2. The van der Waals surface area contributed by atoms with Crippen molar-refractivity contribution in [2.45, 2.75) is 55.4 Å². The Morgan fingerprint density at radius 3 is 2.58 bits per heavy atom. The van der Waals surface area contributed by atoms with Crippen molar-refractivity contribution >= 4 is 34.4 Å². The summed E-state index contributed by atoms with van der Waals surface area (Å²) >= 11 is 5.79. The third-order valence-electron chi connectivity index (χ3n) is 4.23. The summed E-state index contributed by atoms with van der Waals surface area (Å²) in [5, 5.41) is 2.82. The van der Waals surface area contributed by atoms with Gasteiger partial charge in [0.2, 0.25) is 0 Å². The third kappa shape index (κ3) is 4.35. The molecule has 3 aromatic heterocycles. The van der Waals surface area contributed by atoms with Crippen LogP contribution in [0.25, 0.3) is 0 Å². The van der Waals surface area contributed by atoms with E-state index in [0.29, 0.717) is 17.1 Å². The molecule has 0 saturated carbocycles. The number of thiophene rings is 2. The van der Waals surface area contributed by atoms with E-state index in [-0.39, 0.29) is 0 Å². The van der Waals surface area contributed by atoms with E-state index in [9.17, 15) is 0 Å². The largest absolute Gasteiger partial charge is 0.472 e. The zero-order valence-electron chi connectivity index (χ0n) is 14.6. The SMILES string of the molecule is CC(C)c1ccc(SC(C)c2csc(CC(C)c3ccoc3)c2)s1. The fraction of sp³-hybridized carbons (Fsp3) is 0.400. The molecule has 3 rings (SSSR count). The van der Waals surface area contributed by atoms with Crippen molar-refractivity contribution in [1.29, 1.82) is 0 Å². The van der Waals surface area contributed by atoms with Crippen LogP contribution in [0, 0.1) is 0 Å². The van der Waals surface area contributed by atoms with Crippen LogP contribution in [0.4, 0.5) is 0 Å². The lowest BCUT2D eigenvalue weighted by molar-refractivity contribution is 0.560. The first-order chi connectivity index (χ1) is 11.5. The Labute approximate surface area is 157 Å². The molecule has 0 spiro atoms. The quantitative estimate of drug-likeness (QED) is 0.391. The minimum absolute atomic E-state index is 0.498. The predicted octanol–water partition coefficient (Wildman–Crippen LogP) is 7.73. The van der Waals surface area contributed by atoms with Crippen molar-refractivity contribution in [3.8, 4) is 0 Å². The van der Waals surface area contributed by atoms with Gasteiger partial charge in [0, 0.05) is 15.0 Å². The molecule has 1 nitrogen and oxygen atoms in total. The average Bonchev–Trinajstić information content (AvgIpc) is 3.28. The monoisotopic (exact) mass is 376 g/mol. The van der Waals surface area contributed by atoms with Crippen LogP contribution in [0.3, 0.4) is 0 Å². The molecule has 0 aliphatic rings. The van der Waals surface area contributed by atoms with E-state index < -0.39 is 0 Å². The standard InChI is InChI=1S/C20H24OS3/c1-13(2)19-5-6-20(24-19)23-15(4)17-10-18(22-12-17)9-14(3)16-7-8-21-11-16/h5-8,10-15H,9H2,1-4H3. The Morgan fingerprint density at radius 1 is 1.08 bits per heavy atom. The van der Waals surface area contributed by atoms with Gasteiger partial charge in [-0.1, -0.05) is 20.8 Å². The molecule has 0 aliphatic heterocycles. The van der Waals surface area contributed by atoms with Gasteiger partial charge in [-0.3, -0.25) is 0 Å². The lowest BCUT2D eigenvalue weighted by Gasteiger charge is -2.08. The number of hydrogen-bond donors (Lipinski definition) is 0. The summed E-state index contributed by atoms with van der Waals surface area (Å²) < 4.78 is 6.63. The second-order valence-corrected chi connectivity index (χ2v) is 10.3. The number of furan rings is 1. The van der Waals surface area contributed by atoms with Crippen LogP contribution in [-0.2, 0) is 6.42 Å². The summed E-state index contributed by atoms with van der Waals surface area (Å²) in [6, 6.07) is 9.00. The van der Waals surface area contributed by atoms with Crippen molar-refractivity contribution in [2.24, 2.45) is 0 Å². The lowest BCUT2D eigenvalue weighted by Crippen LogP contribution is -1.94. The third-order valence-corrected chi connectivity index (χ3v) is 7.92. The Morgan fingerprint density at radius 2 is 1.92 bits per heavy atom. The van der Waals surface area contributed by atoms with Crippen LogP contribution in [0.1, 0.15) is 65.7 Å². The Hall–Kier alpha value is -0.970. The topological polar surface area (TPSA) is 13.1 Å². The molecule has 2 unspecified atom stereocenters. The van der Waals surface area contributed by atoms with Gasteiger partial charge in [0.25, 0.3) is 0 Å². The molecule has 3 heterocycles. The van der Waals surface area contributed by atoms with Gasteiger partial charge in [-0.05, 0) is 66.0 Å². The number of hydrogen-bond acceptors (Lipinski definition) is 4. The summed E-state index contributed by atoms with van der Waals surface area (Å²) in [5.41, 5.74) is 2.73. The zero-order chi connectivity index (χ0) is 17.1. The zero-order valence-corrected chi connectivity index (χ0v) is 17.1. The second-order valence-electron chi connectivity index (χ2n) is 6.58. The Bertz CT molecular complexity index is 752. The van der Waals surface area contributed by atoms with Gasteiger partial charge in [0.05, 0.1) is 16.7 Å². The summed E-state index contributed by atoms with van der Waals surface area (Å²) in [7, 11) is 0. The molecule has 0 radical (unpaired) electrons. The van der Waals surface area contributed by atoms with Crippen molar-refractivity contribution in [1.82, 2.24) is 0 Å². The molecular formula is C20H24OS3. The number of thioether (sulfide) groups is 1. The molecule has 0 N–H and O–H groups in total. The highest BCUT2D eigenvalue weighted by Crippen LogP contribution is 2.41. The highest BCUT2D eigenvalue weighted by molar-refractivity contribution is 8.01. The fourth-order valence-electron chi connectivity index (χ4n) is 2.64. The summed E-state index contributed by atoms with van der Waals surface area (Å²) in [6.07, 6.45) is 4.70. The molecule has 24 heavy (non-hydrogen) atoms. The van der Waals surface area contributed by atoms with Gasteiger partial charge in [-0.2, -0.15) is 0 Å². The van der Waals surface area contributed by atoms with E-state index in [2.05, 4.69) is 57.3 Å². The van der Waals surface area contributed by atoms with Crippen molar-refractivity contribution < 1.29 is 4.42 Å². The average molecular weight is 377 g/mol. The summed E-state index contributed by atoms with van der Waals surface area (Å²) in [4.78, 5) is 2.94. The predicted molar refractivity (Wildman–Crippen MR) is 108 cm³/mol. The van der Waals surface area contributed by atoms with Crippen molar-refractivity contribution in [3.05, 3.63) is 63.1 Å². The van der Waals surface area contributed by atoms with Crippen LogP contribution in [0.2, 0.25) is 0 Å². The summed E-state index contributed by atoms with van der Waals surface area (Å²) in [5.74, 6) is 1.13. The first kappa shape index (κ1) is 17.8. The van der Waals surface area contributed by atoms with E-state index in [1.54, 1.807) is 6.26 Å². The highest BCUT2D eigenvalue weighted by Gasteiger charge is 2.14. The molecule has 0 amide bonds. The molecule has 0 bridgehead atoms. The van der Waals surface area contributed by atoms with Crippen LogP contribution >= 0.6 is 34.4 Å². The summed E-state index contributed by atoms with van der Waals surface area (Å²) in [6.45, 7) is 9.10. The van der Waals surface area contributed by atoms with E-state index in [1.807, 2.05) is 40.7 Å². The van der Waals surface area contributed by atoms with Crippen LogP contribution in [-0.4, -0.2) is 0 Å². The Balaban J connectivity index is 1.61. The van der Waals surface area contributed by atoms with Gasteiger partial charge in [-0.15, -0.1) is 34.4 Å². The Kier molecular flexibility index (Phi) is 5.90. The minimum atomic E-state index is 0.498. The maximum atomic E-state index is 5.20. The lowest BCUT2D eigenvalue weighted by atomic mass is 10.00. The molecule has 2 atom stereocenters. The smallest absolute Gasteiger partial charge is 0.0937 e. The maximum Gasteiger partial charge on any atom is 0.0937 e. The molecule has 0 saturated heterocycles. The normalized spacial score (nSPS) is 14.2. The van der Waals surface area contributed by atoms with Gasteiger partial charge in [-0.25, -0.2) is 0 Å². The van der Waals surface area contributed by atoms with Gasteiger partial charge < -0.3 is 4.42 Å². The van der Waals surface area contributed by atoms with Crippen molar-refractivity contribution in [2.75, 3.05) is 0 Å². The van der Waals surface area contributed by atoms with E-state index in [0.717, 1.165) is 6.42 Å². The van der Waals surface area contributed by atoms with Crippen LogP contribution in [0.5, 0.6) is 0 Å². The first-order valence-electron chi connectivity index (χ1n) is 8.38. The van der Waals surface area contributed by atoms with E-state index >= 15 is 0 Å². The van der Waals surface area contributed by atoms with Gasteiger partial charge in [0.1, 0.15) is 0 Å². The molecular weight excluding hydrogens is 352 g/mol. The van der Waals surface area contributed by atoms with Crippen LogP contribution < -0.4 is 0 Å². The van der Waals surface area contributed by atoms with Crippen LogP contribution in [0.15, 0.2) is 50.8 Å². The molecule has 4 heteroatoms. The van der Waals surface area contributed by atoms with Crippen molar-refractivity contribution in [3.63, 3.8) is 0 Å². The molecule has 128 valence electrons. The molecule has 0 aromatic carbocycles. The van der Waals surface area contributed by atoms with E-state index in [1.165, 1.54) is 25.1 Å². The molecule has 0 fully saturated rings. The van der Waals surface area contributed by atoms with Gasteiger partial charge >= 0.3 is 0 Å². The minimum Gasteiger partial charge on any atom is -0.472 e. The molecule has 0 aliphatic carbocycles. The number of rotatable bonds is 7. The molecule has 3 aromatic rings.